The highest BCUT2D eigenvalue weighted by atomic mass is 35.5. The highest BCUT2D eigenvalue weighted by Crippen LogP contribution is 2.34. The van der Waals surface area contributed by atoms with Crippen molar-refractivity contribution in [3.05, 3.63) is 28.3 Å². The van der Waals surface area contributed by atoms with Crippen LogP contribution in [0.4, 0.5) is 18.9 Å². The molecule has 5 heteroatoms. The minimum Gasteiger partial charge on any atom is -0.397 e. The summed E-state index contributed by atoms with van der Waals surface area (Å²) in [6.45, 7) is 5.48. The molecule has 0 aliphatic rings. The first-order chi connectivity index (χ1) is 6.82. The van der Waals surface area contributed by atoms with Crippen LogP contribution in [0.1, 0.15) is 25.0 Å². The van der Waals surface area contributed by atoms with Gasteiger partial charge in [0.2, 0.25) is 0 Å². The first-order valence-electron chi connectivity index (χ1n) is 4.45. The molecule has 0 aliphatic carbocycles. The van der Waals surface area contributed by atoms with Gasteiger partial charge in [0.15, 0.2) is 0 Å². The lowest BCUT2D eigenvalue weighted by molar-refractivity contribution is -0.137. The largest absolute Gasteiger partial charge is 0.416 e. The lowest BCUT2D eigenvalue weighted by Crippen LogP contribution is -2.06. The summed E-state index contributed by atoms with van der Waals surface area (Å²) in [4.78, 5) is 0. The van der Waals surface area contributed by atoms with E-state index in [9.17, 15) is 13.2 Å². The van der Waals surface area contributed by atoms with Gasteiger partial charge < -0.3 is 5.73 Å². The number of nitrogens with two attached hydrogens (primary N) is 1. The molecule has 0 radical (unpaired) electrons. The van der Waals surface area contributed by atoms with E-state index < -0.39 is 11.7 Å². The first kappa shape index (κ1) is 14.1. The third-order valence-corrected chi connectivity index (χ3v) is 1.98. The third kappa shape index (κ3) is 3.63. The van der Waals surface area contributed by atoms with Gasteiger partial charge in [-0.1, -0.05) is 25.4 Å². The summed E-state index contributed by atoms with van der Waals surface area (Å²) >= 11 is 5.50. The van der Waals surface area contributed by atoms with Crippen LogP contribution in [0, 0.1) is 6.92 Å². The molecular formula is C10H13ClF3N. The molecule has 0 spiro atoms. The van der Waals surface area contributed by atoms with E-state index in [2.05, 4.69) is 0 Å². The van der Waals surface area contributed by atoms with E-state index in [0.717, 1.165) is 12.1 Å². The quantitative estimate of drug-likeness (QED) is 0.672. The van der Waals surface area contributed by atoms with Crippen LogP contribution in [0.2, 0.25) is 5.02 Å². The van der Waals surface area contributed by atoms with Crippen LogP contribution >= 0.6 is 11.6 Å². The van der Waals surface area contributed by atoms with Crippen LogP contribution in [0.3, 0.4) is 0 Å². The fraction of sp³-hybridized carbons (Fsp3) is 0.400. The van der Waals surface area contributed by atoms with Gasteiger partial charge in [0, 0.05) is 0 Å². The van der Waals surface area contributed by atoms with Crippen LogP contribution in [-0.2, 0) is 6.18 Å². The Morgan fingerprint density at radius 3 is 2.00 bits per heavy atom. The Labute approximate surface area is 92.0 Å². The summed E-state index contributed by atoms with van der Waals surface area (Å²) < 4.78 is 36.5. The van der Waals surface area contributed by atoms with Crippen LogP contribution in [0.5, 0.6) is 0 Å². The number of benzene rings is 1. The topological polar surface area (TPSA) is 26.0 Å². The zero-order chi connectivity index (χ0) is 12.2. The van der Waals surface area contributed by atoms with Crippen molar-refractivity contribution in [3.63, 3.8) is 0 Å². The molecule has 15 heavy (non-hydrogen) atoms. The van der Waals surface area contributed by atoms with Crippen molar-refractivity contribution in [1.29, 1.82) is 0 Å². The standard InChI is InChI=1S/C8H7ClF3N.C2H6/c1-4-2-5(8(10,11)12)3-6(9)7(4)13;1-2/h2-3H,13H2,1H3;1-2H3. The normalized spacial score (nSPS) is 10.6. The molecule has 0 aliphatic heterocycles. The molecule has 0 atom stereocenters. The van der Waals surface area contributed by atoms with Crippen molar-refractivity contribution < 1.29 is 13.2 Å². The maximum atomic E-state index is 12.2. The maximum absolute atomic E-state index is 12.2. The number of aryl methyl sites for hydroxylation is 1. The van der Waals surface area contributed by atoms with E-state index in [4.69, 9.17) is 17.3 Å². The van der Waals surface area contributed by atoms with Crippen molar-refractivity contribution >= 4 is 17.3 Å². The summed E-state index contributed by atoms with van der Waals surface area (Å²) in [6.07, 6.45) is -4.37. The second-order valence-electron chi connectivity index (χ2n) is 2.69. The van der Waals surface area contributed by atoms with E-state index in [-0.39, 0.29) is 10.7 Å². The molecule has 0 aromatic heterocycles. The average molecular weight is 240 g/mol. The predicted molar refractivity (Wildman–Crippen MR) is 57.0 cm³/mol. The predicted octanol–water partition coefficient (Wildman–Crippen LogP) is 4.28. The Balaban J connectivity index is 0.000000921. The number of nitrogen functional groups attached to an aromatic ring is 1. The van der Waals surface area contributed by atoms with Gasteiger partial charge in [-0.3, -0.25) is 0 Å². The van der Waals surface area contributed by atoms with Gasteiger partial charge in [-0.2, -0.15) is 13.2 Å². The number of alkyl halides is 3. The zero-order valence-electron chi connectivity index (χ0n) is 8.74. The van der Waals surface area contributed by atoms with Crippen molar-refractivity contribution in [2.45, 2.75) is 26.9 Å². The number of hydrogen-bond donors (Lipinski definition) is 1. The molecular weight excluding hydrogens is 227 g/mol. The molecule has 2 N–H and O–H groups in total. The molecule has 0 bridgehead atoms. The molecule has 1 nitrogen and oxygen atoms in total. The van der Waals surface area contributed by atoms with Gasteiger partial charge in [-0.05, 0) is 24.6 Å². The molecule has 1 aromatic carbocycles. The fourth-order valence-corrected chi connectivity index (χ4v) is 1.19. The average Bonchev–Trinajstić information content (AvgIpc) is 2.15. The molecule has 0 amide bonds. The Hall–Kier alpha value is -0.900. The maximum Gasteiger partial charge on any atom is 0.416 e. The second kappa shape index (κ2) is 5.26. The molecule has 0 fully saturated rings. The van der Waals surface area contributed by atoms with Gasteiger partial charge in [-0.15, -0.1) is 0 Å². The molecule has 0 saturated carbocycles. The zero-order valence-corrected chi connectivity index (χ0v) is 9.50. The highest BCUT2D eigenvalue weighted by molar-refractivity contribution is 6.33. The van der Waals surface area contributed by atoms with Gasteiger partial charge in [0.25, 0.3) is 0 Å². The Bertz CT molecular complexity index is 311. The van der Waals surface area contributed by atoms with Crippen LogP contribution in [0.15, 0.2) is 12.1 Å². The Morgan fingerprint density at radius 1 is 1.20 bits per heavy atom. The SMILES string of the molecule is CC.Cc1cc(C(F)(F)F)cc(Cl)c1N. The van der Waals surface area contributed by atoms with E-state index >= 15 is 0 Å². The molecule has 1 rings (SSSR count). The van der Waals surface area contributed by atoms with Gasteiger partial charge in [0.1, 0.15) is 0 Å². The van der Waals surface area contributed by atoms with Crippen molar-refractivity contribution in [2.24, 2.45) is 0 Å². The summed E-state index contributed by atoms with van der Waals surface area (Å²) in [7, 11) is 0. The van der Waals surface area contributed by atoms with E-state index in [1.807, 2.05) is 13.8 Å². The van der Waals surface area contributed by atoms with E-state index in [1.165, 1.54) is 6.92 Å². The summed E-state index contributed by atoms with van der Waals surface area (Å²) in [5, 5.41) is -0.0627. The molecule has 1 aromatic rings. The van der Waals surface area contributed by atoms with Crippen molar-refractivity contribution in [3.8, 4) is 0 Å². The van der Waals surface area contributed by atoms with E-state index in [0.29, 0.717) is 5.56 Å². The molecule has 0 heterocycles. The van der Waals surface area contributed by atoms with Gasteiger partial charge in [-0.25, -0.2) is 0 Å². The lowest BCUT2D eigenvalue weighted by atomic mass is 10.1. The number of halogens is 4. The van der Waals surface area contributed by atoms with Gasteiger partial charge in [0.05, 0.1) is 16.3 Å². The number of anilines is 1. The monoisotopic (exact) mass is 239 g/mol. The smallest absolute Gasteiger partial charge is 0.397 e. The summed E-state index contributed by atoms with van der Waals surface area (Å²) in [5.74, 6) is 0. The fourth-order valence-electron chi connectivity index (χ4n) is 0.919. The minimum atomic E-state index is -4.37. The van der Waals surface area contributed by atoms with Crippen molar-refractivity contribution in [2.75, 3.05) is 5.73 Å². The van der Waals surface area contributed by atoms with Gasteiger partial charge >= 0.3 is 6.18 Å². The third-order valence-electron chi connectivity index (χ3n) is 1.66. The Morgan fingerprint density at radius 2 is 1.67 bits per heavy atom. The number of hydrogen-bond acceptors (Lipinski definition) is 1. The molecule has 86 valence electrons. The molecule has 0 unspecified atom stereocenters. The lowest BCUT2D eigenvalue weighted by Gasteiger charge is -2.10. The summed E-state index contributed by atoms with van der Waals surface area (Å²) in [6, 6.07) is 1.80. The summed E-state index contributed by atoms with van der Waals surface area (Å²) in [5.41, 5.74) is 5.14. The van der Waals surface area contributed by atoms with Crippen LogP contribution in [-0.4, -0.2) is 0 Å². The van der Waals surface area contributed by atoms with Crippen LogP contribution in [0.25, 0.3) is 0 Å². The highest BCUT2D eigenvalue weighted by Gasteiger charge is 2.31. The van der Waals surface area contributed by atoms with Crippen LogP contribution < -0.4 is 5.73 Å². The number of rotatable bonds is 0. The van der Waals surface area contributed by atoms with Crippen molar-refractivity contribution in [1.82, 2.24) is 0 Å². The first-order valence-corrected chi connectivity index (χ1v) is 4.83. The minimum absolute atomic E-state index is 0.0627. The van der Waals surface area contributed by atoms with E-state index in [1.54, 1.807) is 0 Å². The molecule has 0 saturated heterocycles. The second-order valence-corrected chi connectivity index (χ2v) is 3.09. The Kier molecular flexibility index (Phi) is 4.94.